The Kier molecular flexibility index (Phi) is 11.7. The maximum atomic E-state index is 5.79. The average Bonchev–Trinajstić information content (AvgIpc) is 3.13. The van der Waals surface area contributed by atoms with E-state index in [9.17, 15) is 0 Å². The van der Waals surface area contributed by atoms with Gasteiger partial charge in [0.05, 0.1) is 19.3 Å². The van der Waals surface area contributed by atoms with Crippen molar-refractivity contribution in [2.75, 3.05) is 51.9 Å². The standard InChI is InChI=1S/C20H34N4O2.HI/c1-5-21-20(22-10-6-11-26-19-9-12-25-15-19)23-14-17-7-8-18(24(3)4)13-16(17)2;/h7-8,13,19H,5-6,9-12,14-15H2,1-4H3,(H2,21,22,23);1H. The molecule has 1 aliphatic heterocycles. The van der Waals surface area contributed by atoms with Gasteiger partial charge in [0.25, 0.3) is 0 Å². The first-order valence-corrected chi connectivity index (χ1v) is 9.58. The monoisotopic (exact) mass is 490 g/mol. The topological polar surface area (TPSA) is 58.1 Å². The van der Waals surface area contributed by atoms with Gasteiger partial charge in [-0.05, 0) is 49.9 Å². The molecule has 7 heteroatoms. The molecule has 154 valence electrons. The van der Waals surface area contributed by atoms with Crippen LogP contribution in [0.15, 0.2) is 23.2 Å². The molecule has 2 rings (SSSR count). The molecule has 0 aromatic heterocycles. The van der Waals surface area contributed by atoms with Crippen molar-refractivity contribution in [3.8, 4) is 0 Å². The SMILES string of the molecule is CCNC(=NCc1ccc(N(C)C)cc1C)NCCCOC1CCOC1.I. The first kappa shape index (κ1) is 24.0. The minimum Gasteiger partial charge on any atom is -0.379 e. The van der Waals surface area contributed by atoms with Crippen molar-refractivity contribution in [2.45, 2.75) is 39.3 Å². The van der Waals surface area contributed by atoms with E-state index in [1.54, 1.807) is 0 Å². The molecular weight excluding hydrogens is 455 g/mol. The van der Waals surface area contributed by atoms with Crippen LogP contribution in [0.3, 0.4) is 0 Å². The Balaban J connectivity index is 0.00000364. The van der Waals surface area contributed by atoms with Crippen LogP contribution in [0, 0.1) is 6.92 Å². The minimum atomic E-state index is 0. The second kappa shape index (κ2) is 13.2. The predicted molar refractivity (Wildman–Crippen MR) is 124 cm³/mol. The molecule has 27 heavy (non-hydrogen) atoms. The van der Waals surface area contributed by atoms with Gasteiger partial charge in [-0.2, -0.15) is 0 Å². The van der Waals surface area contributed by atoms with Crippen molar-refractivity contribution in [3.63, 3.8) is 0 Å². The fourth-order valence-electron chi connectivity index (χ4n) is 2.81. The zero-order valence-electron chi connectivity index (χ0n) is 17.1. The number of aliphatic imine (C=N–C) groups is 1. The normalized spacial score (nSPS) is 16.7. The third-order valence-electron chi connectivity index (χ3n) is 4.45. The third kappa shape index (κ3) is 8.66. The van der Waals surface area contributed by atoms with Crippen LogP contribution in [0.2, 0.25) is 0 Å². The van der Waals surface area contributed by atoms with Gasteiger partial charge in [-0.3, -0.25) is 0 Å². The van der Waals surface area contributed by atoms with Crippen molar-refractivity contribution in [1.82, 2.24) is 10.6 Å². The summed E-state index contributed by atoms with van der Waals surface area (Å²) in [6.45, 7) is 8.91. The number of halogens is 1. The predicted octanol–water partition coefficient (Wildman–Crippen LogP) is 2.93. The summed E-state index contributed by atoms with van der Waals surface area (Å²) in [5.74, 6) is 0.854. The number of anilines is 1. The highest BCUT2D eigenvalue weighted by Gasteiger charge is 2.15. The zero-order chi connectivity index (χ0) is 18.8. The summed E-state index contributed by atoms with van der Waals surface area (Å²) < 4.78 is 11.1. The number of hydrogen-bond donors (Lipinski definition) is 2. The third-order valence-corrected chi connectivity index (χ3v) is 4.45. The second-order valence-corrected chi connectivity index (χ2v) is 6.84. The summed E-state index contributed by atoms with van der Waals surface area (Å²) in [6, 6.07) is 6.51. The Hall–Kier alpha value is -1.06. The Bertz CT molecular complexity index is 575. The van der Waals surface area contributed by atoms with E-state index in [4.69, 9.17) is 14.5 Å². The maximum Gasteiger partial charge on any atom is 0.191 e. The molecule has 1 unspecified atom stereocenters. The van der Waals surface area contributed by atoms with Crippen molar-refractivity contribution in [2.24, 2.45) is 4.99 Å². The minimum absolute atomic E-state index is 0. The van der Waals surface area contributed by atoms with Gasteiger partial charge in [-0.25, -0.2) is 4.99 Å². The summed E-state index contributed by atoms with van der Waals surface area (Å²) in [4.78, 5) is 6.83. The van der Waals surface area contributed by atoms with Crippen molar-refractivity contribution >= 4 is 35.6 Å². The van der Waals surface area contributed by atoms with E-state index >= 15 is 0 Å². The maximum absolute atomic E-state index is 5.79. The lowest BCUT2D eigenvalue weighted by Crippen LogP contribution is -2.38. The lowest BCUT2D eigenvalue weighted by Gasteiger charge is -2.15. The van der Waals surface area contributed by atoms with Crippen LogP contribution in [-0.2, 0) is 16.0 Å². The van der Waals surface area contributed by atoms with Gasteiger partial charge >= 0.3 is 0 Å². The Morgan fingerprint density at radius 2 is 2.15 bits per heavy atom. The molecule has 6 nitrogen and oxygen atoms in total. The molecule has 1 aliphatic rings. The molecule has 0 amide bonds. The number of nitrogens with one attached hydrogen (secondary N) is 2. The zero-order valence-corrected chi connectivity index (χ0v) is 19.4. The van der Waals surface area contributed by atoms with E-state index in [-0.39, 0.29) is 30.1 Å². The first-order chi connectivity index (χ1) is 12.6. The first-order valence-electron chi connectivity index (χ1n) is 9.58. The number of nitrogens with zero attached hydrogens (tertiary/aromatic N) is 2. The molecule has 1 atom stereocenters. The quantitative estimate of drug-likeness (QED) is 0.241. The Labute approximate surface area is 181 Å². The largest absolute Gasteiger partial charge is 0.379 e. The lowest BCUT2D eigenvalue weighted by atomic mass is 10.1. The molecule has 0 saturated carbocycles. The highest BCUT2D eigenvalue weighted by Crippen LogP contribution is 2.18. The molecule has 0 bridgehead atoms. The van der Waals surface area contributed by atoms with Gasteiger partial charge in [0.1, 0.15) is 0 Å². The van der Waals surface area contributed by atoms with E-state index < -0.39 is 0 Å². The fraction of sp³-hybridized carbons (Fsp3) is 0.650. The number of guanidine groups is 1. The average molecular weight is 490 g/mol. The van der Waals surface area contributed by atoms with Crippen LogP contribution in [-0.4, -0.2) is 59.1 Å². The van der Waals surface area contributed by atoms with E-state index in [0.29, 0.717) is 6.54 Å². The van der Waals surface area contributed by atoms with Crippen LogP contribution in [0.1, 0.15) is 30.9 Å². The number of ether oxygens (including phenoxy) is 2. The number of rotatable bonds is 9. The van der Waals surface area contributed by atoms with Gasteiger partial charge < -0.3 is 25.0 Å². The molecule has 1 aromatic carbocycles. The van der Waals surface area contributed by atoms with Gasteiger partial charge in [-0.15, -0.1) is 24.0 Å². The van der Waals surface area contributed by atoms with Gasteiger partial charge in [0.2, 0.25) is 0 Å². The van der Waals surface area contributed by atoms with Crippen LogP contribution < -0.4 is 15.5 Å². The van der Waals surface area contributed by atoms with E-state index in [1.165, 1.54) is 16.8 Å². The van der Waals surface area contributed by atoms with Crippen LogP contribution >= 0.6 is 24.0 Å². The summed E-state index contributed by atoms with van der Waals surface area (Å²) in [7, 11) is 4.12. The van der Waals surface area contributed by atoms with Crippen LogP contribution in [0.5, 0.6) is 0 Å². The Morgan fingerprint density at radius 3 is 2.78 bits per heavy atom. The molecule has 1 aromatic rings. The summed E-state index contributed by atoms with van der Waals surface area (Å²) in [5, 5.41) is 6.69. The molecule has 0 aliphatic carbocycles. The molecule has 1 heterocycles. The second-order valence-electron chi connectivity index (χ2n) is 6.84. The fourth-order valence-corrected chi connectivity index (χ4v) is 2.81. The van der Waals surface area contributed by atoms with E-state index in [0.717, 1.165) is 51.7 Å². The Morgan fingerprint density at radius 1 is 1.33 bits per heavy atom. The molecule has 1 saturated heterocycles. The van der Waals surface area contributed by atoms with Crippen molar-refractivity contribution in [3.05, 3.63) is 29.3 Å². The molecule has 0 spiro atoms. The molecular formula is C20H35IN4O2. The number of hydrogen-bond acceptors (Lipinski definition) is 4. The number of benzene rings is 1. The van der Waals surface area contributed by atoms with Gasteiger partial charge in [0.15, 0.2) is 5.96 Å². The van der Waals surface area contributed by atoms with Crippen LogP contribution in [0.25, 0.3) is 0 Å². The van der Waals surface area contributed by atoms with Gasteiger partial charge in [-0.1, -0.05) is 6.07 Å². The van der Waals surface area contributed by atoms with Gasteiger partial charge in [0, 0.05) is 46.1 Å². The summed E-state index contributed by atoms with van der Waals surface area (Å²) >= 11 is 0. The molecule has 1 fully saturated rings. The summed E-state index contributed by atoms with van der Waals surface area (Å²) in [5.41, 5.74) is 3.73. The molecule has 2 N–H and O–H groups in total. The van der Waals surface area contributed by atoms with Crippen LogP contribution in [0.4, 0.5) is 5.69 Å². The van der Waals surface area contributed by atoms with E-state index in [1.807, 2.05) is 0 Å². The smallest absolute Gasteiger partial charge is 0.191 e. The lowest BCUT2D eigenvalue weighted by molar-refractivity contribution is 0.0420. The molecule has 0 radical (unpaired) electrons. The highest BCUT2D eigenvalue weighted by atomic mass is 127. The van der Waals surface area contributed by atoms with E-state index in [2.05, 4.69) is 61.7 Å². The van der Waals surface area contributed by atoms with Crippen molar-refractivity contribution in [1.29, 1.82) is 0 Å². The summed E-state index contributed by atoms with van der Waals surface area (Å²) in [6.07, 6.45) is 2.26. The highest BCUT2D eigenvalue weighted by molar-refractivity contribution is 14.0. The van der Waals surface area contributed by atoms with Crippen molar-refractivity contribution < 1.29 is 9.47 Å². The number of aryl methyl sites for hydroxylation is 1.